The Balaban J connectivity index is 3.07. The summed E-state index contributed by atoms with van der Waals surface area (Å²) in [6.07, 6.45) is -4.81. The molecular weight excluding hydrogens is 363 g/mol. The van der Waals surface area contributed by atoms with Crippen molar-refractivity contribution < 1.29 is 46.8 Å². The molecule has 2 N–H and O–H groups in total. The molecule has 0 aliphatic carbocycles. The fourth-order valence-corrected chi connectivity index (χ4v) is 1.69. The van der Waals surface area contributed by atoms with Crippen molar-refractivity contribution in [3.8, 4) is 11.5 Å². The summed E-state index contributed by atoms with van der Waals surface area (Å²) in [6.45, 7) is -1.94. The summed E-state index contributed by atoms with van der Waals surface area (Å²) in [7, 11) is 3.61. The largest absolute Gasteiger partial charge is 0.497 e. The molecule has 0 spiro atoms. The molecule has 1 rings (SSSR count). The maximum atomic E-state index is 12.2. The average molecular weight is 379 g/mol. The van der Waals surface area contributed by atoms with Gasteiger partial charge in [-0.15, -0.1) is 0 Å². The number of carbonyl (C=O) groups is 2. The average Bonchev–Trinajstić information content (AvgIpc) is 2.59. The van der Waals surface area contributed by atoms with Crippen LogP contribution in [0.2, 0.25) is 0 Å². The number of amides is 1. The third-order valence-electron chi connectivity index (χ3n) is 2.86. The van der Waals surface area contributed by atoms with Gasteiger partial charge < -0.3 is 29.4 Å². The van der Waals surface area contributed by atoms with Crippen LogP contribution in [-0.4, -0.2) is 51.1 Å². The van der Waals surface area contributed by atoms with Crippen LogP contribution in [0.15, 0.2) is 29.7 Å². The monoisotopic (exact) mass is 379 g/mol. The van der Waals surface area contributed by atoms with Gasteiger partial charge >= 0.3 is 12.1 Å². The van der Waals surface area contributed by atoms with E-state index >= 15 is 0 Å². The molecule has 1 aromatic rings. The van der Waals surface area contributed by atoms with Gasteiger partial charge in [0.15, 0.2) is 6.61 Å². The zero-order valence-corrected chi connectivity index (χ0v) is 14.0. The number of anilines is 1. The number of nitrogens with one attached hydrogen (secondary N) is 1. The standard InChI is InChI=1S/C15H16F3NO7/c1-23-8-4-5-9(10(6-8)24-2)19-12(20)11(13(21)25-3)14(22)26-7-15(16,17)18/h4-6,21H,7H2,1-3H3,(H,19,20)/b13-11-. The number of hydrogen-bond acceptors (Lipinski definition) is 7. The number of methoxy groups -OCH3 is 3. The van der Waals surface area contributed by atoms with Crippen molar-refractivity contribution in [2.75, 3.05) is 33.3 Å². The normalized spacial score (nSPS) is 11.9. The highest BCUT2D eigenvalue weighted by Crippen LogP contribution is 2.29. The quantitative estimate of drug-likeness (QED) is 0.246. The SMILES string of the molecule is CO/C(O)=C(/C(=O)Nc1ccc(OC)cc1OC)C(=O)OCC(F)(F)F. The Morgan fingerprint density at radius 3 is 2.31 bits per heavy atom. The number of aliphatic hydroxyl groups excluding tert-OH is 1. The van der Waals surface area contributed by atoms with Gasteiger partial charge in [0.1, 0.15) is 11.5 Å². The highest BCUT2D eigenvalue weighted by Gasteiger charge is 2.33. The second-order valence-electron chi connectivity index (χ2n) is 4.60. The van der Waals surface area contributed by atoms with Crippen molar-refractivity contribution in [2.24, 2.45) is 0 Å². The zero-order chi connectivity index (χ0) is 19.9. The summed E-state index contributed by atoms with van der Waals surface area (Å²) in [6, 6.07) is 4.23. The smallest absolute Gasteiger partial charge is 0.422 e. The predicted octanol–water partition coefficient (Wildman–Crippen LogP) is 2.16. The lowest BCUT2D eigenvalue weighted by Crippen LogP contribution is -2.28. The molecule has 11 heteroatoms. The Kier molecular flexibility index (Phi) is 7.11. The van der Waals surface area contributed by atoms with Crippen LogP contribution >= 0.6 is 0 Å². The van der Waals surface area contributed by atoms with Crippen LogP contribution in [0, 0.1) is 0 Å². The minimum Gasteiger partial charge on any atom is -0.497 e. The van der Waals surface area contributed by atoms with Gasteiger partial charge in [-0.1, -0.05) is 0 Å². The van der Waals surface area contributed by atoms with E-state index in [9.17, 15) is 27.9 Å². The summed E-state index contributed by atoms with van der Waals surface area (Å²) >= 11 is 0. The van der Waals surface area contributed by atoms with Crippen LogP contribution in [0.3, 0.4) is 0 Å². The van der Waals surface area contributed by atoms with Gasteiger partial charge in [0.05, 0.1) is 27.0 Å². The number of carbonyl (C=O) groups excluding carboxylic acids is 2. The van der Waals surface area contributed by atoms with Crippen LogP contribution in [-0.2, 0) is 19.1 Å². The summed E-state index contributed by atoms with van der Waals surface area (Å²) in [5.41, 5.74) is -1.09. The van der Waals surface area contributed by atoms with Gasteiger partial charge in [-0.05, 0) is 12.1 Å². The molecule has 0 saturated heterocycles. The van der Waals surface area contributed by atoms with Crippen LogP contribution in [0.1, 0.15) is 0 Å². The molecule has 0 saturated carbocycles. The number of esters is 1. The van der Waals surface area contributed by atoms with Crippen molar-refractivity contribution in [1.29, 1.82) is 0 Å². The molecular formula is C15H16F3NO7. The van der Waals surface area contributed by atoms with E-state index in [1.165, 1.54) is 32.4 Å². The fourth-order valence-electron chi connectivity index (χ4n) is 1.69. The van der Waals surface area contributed by atoms with E-state index in [0.29, 0.717) is 5.75 Å². The minimum absolute atomic E-state index is 0.0586. The van der Waals surface area contributed by atoms with Crippen molar-refractivity contribution in [1.82, 2.24) is 0 Å². The molecule has 1 amide bonds. The van der Waals surface area contributed by atoms with Crippen molar-refractivity contribution in [3.05, 3.63) is 29.7 Å². The molecule has 0 unspecified atom stereocenters. The lowest BCUT2D eigenvalue weighted by Gasteiger charge is -2.14. The second kappa shape index (κ2) is 8.83. The van der Waals surface area contributed by atoms with Crippen molar-refractivity contribution >= 4 is 17.6 Å². The molecule has 1 aromatic carbocycles. The molecule has 0 aromatic heterocycles. The Morgan fingerprint density at radius 1 is 1.15 bits per heavy atom. The second-order valence-corrected chi connectivity index (χ2v) is 4.60. The van der Waals surface area contributed by atoms with E-state index < -0.39 is 36.2 Å². The van der Waals surface area contributed by atoms with Crippen molar-refractivity contribution in [3.63, 3.8) is 0 Å². The van der Waals surface area contributed by atoms with E-state index in [1.807, 2.05) is 0 Å². The van der Waals surface area contributed by atoms with Gasteiger partial charge in [-0.25, -0.2) is 4.79 Å². The van der Waals surface area contributed by atoms with Gasteiger partial charge in [0.2, 0.25) is 5.57 Å². The first kappa shape index (κ1) is 20.9. The van der Waals surface area contributed by atoms with E-state index in [2.05, 4.69) is 14.8 Å². The number of aliphatic hydroxyl groups is 1. The predicted molar refractivity (Wildman–Crippen MR) is 81.9 cm³/mol. The van der Waals surface area contributed by atoms with Gasteiger partial charge in [-0.2, -0.15) is 13.2 Å². The Morgan fingerprint density at radius 2 is 1.81 bits per heavy atom. The number of hydrogen-bond donors (Lipinski definition) is 2. The lowest BCUT2D eigenvalue weighted by atomic mass is 10.2. The molecule has 8 nitrogen and oxygen atoms in total. The molecule has 144 valence electrons. The Labute approximate surface area is 146 Å². The van der Waals surface area contributed by atoms with Crippen molar-refractivity contribution in [2.45, 2.75) is 6.18 Å². The number of halogens is 3. The molecule has 0 fully saturated rings. The number of benzene rings is 1. The van der Waals surface area contributed by atoms with Gasteiger partial charge in [-0.3, -0.25) is 4.79 Å². The highest BCUT2D eigenvalue weighted by atomic mass is 19.4. The number of rotatable bonds is 7. The Hall–Kier alpha value is -3.11. The van der Waals surface area contributed by atoms with Gasteiger partial charge in [0.25, 0.3) is 11.9 Å². The van der Waals surface area contributed by atoms with E-state index in [4.69, 9.17) is 9.47 Å². The summed E-state index contributed by atoms with van der Waals surface area (Å²) in [5, 5.41) is 11.7. The van der Waals surface area contributed by atoms with E-state index in [0.717, 1.165) is 7.11 Å². The summed E-state index contributed by atoms with van der Waals surface area (Å²) in [5.74, 6) is -3.65. The van der Waals surface area contributed by atoms with E-state index in [-0.39, 0.29) is 11.4 Å². The molecule has 0 heterocycles. The van der Waals surface area contributed by atoms with Crippen LogP contribution < -0.4 is 14.8 Å². The van der Waals surface area contributed by atoms with Crippen LogP contribution in [0.4, 0.5) is 18.9 Å². The summed E-state index contributed by atoms with van der Waals surface area (Å²) in [4.78, 5) is 24.0. The molecule has 26 heavy (non-hydrogen) atoms. The zero-order valence-electron chi connectivity index (χ0n) is 14.0. The van der Waals surface area contributed by atoms with Gasteiger partial charge in [0, 0.05) is 6.07 Å². The van der Waals surface area contributed by atoms with Crippen LogP contribution in [0.25, 0.3) is 0 Å². The third-order valence-corrected chi connectivity index (χ3v) is 2.86. The molecule has 0 bridgehead atoms. The first-order chi connectivity index (χ1) is 12.1. The first-order valence-electron chi connectivity index (χ1n) is 6.87. The minimum atomic E-state index is -4.81. The fraction of sp³-hybridized carbons (Fsp3) is 0.333. The molecule has 0 atom stereocenters. The first-order valence-corrected chi connectivity index (χ1v) is 6.87. The molecule has 0 aliphatic rings. The third kappa shape index (κ3) is 5.76. The Bertz CT molecular complexity index is 701. The number of ether oxygens (including phenoxy) is 4. The summed E-state index contributed by atoms with van der Waals surface area (Å²) < 4.78 is 54.8. The van der Waals surface area contributed by atoms with E-state index in [1.54, 1.807) is 0 Å². The lowest BCUT2D eigenvalue weighted by molar-refractivity contribution is -0.184. The molecule has 0 radical (unpaired) electrons. The van der Waals surface area contributed by atoms with Crippen LogP contribution in [0.5, 0.6) is 11.5 Å². The highest BCUT2D eigenvalue weighted by molar-refractivity contribution is 6.21. The topological polar surface area (TPSA) is 103 Å². The molecule has 0 aliphatic heterocycles. The maximum Gasteiger partial charge on any atom is 0.422 e. The number of alkyl halides is 3. The maximum absolute atomic E-state index is 12.2.